The molecule has 0 unspecified atom stereocenters. The van der Waals surface area contributed by atoms with Crippen molar-refractivity contribution in [1.82, 2.24) is 10.3 Å². The third-order valence-electron chi connectivity index (χ3n) is 1.90. The highest BCUT2D eigenvalue weighted by atomic mass is 32.1. The molecule has 1 aromatic rings. The number of nitrogens with zero attached hydrogens (tertiary/aromatic N) is 1. The van der Waals surface area contributed by atoms with Crippen LogP contribution < -0.4 is 5.32 Å². The van der Waals surface area contributed by atoms with Crippen molar-refractivity contribution in [2.75, 3.05) is 6.61 Å². The second-order valence-electron chi connectivity index (χ2n) is 3.01. The van der Waals surface area contributed by atoms with E-state index in [1.807, 2.05) is 13.8 Å². The van der Waals surface area contributed by atoms with Gasteiger partial charge in [0.25, 0.3) is 5.91 Å². The lowest BCUT2D eigenvalue weighted by Crippen LogP contribution is -2.37. The second kappa shape index (κ2) is 5.07. The van der Waals surface area contributed by atoms with Crippen LogP contribution in [0.3, 0.4) is 0 Å². The SMILES string of the molecule is CC[C@H](CO)NC(=O)c1csc(C)n1. The topological polar surface area (TPSA) is 62.2 Å². The van der Waals surface area contributed by atoms with E-state index >= 15 is 0 Å². The number of hydrogen-bond donors (Lipinski definition) is 2. The van der Waals surface area contributed by atoms with Gasteiger partial charge in [0.05, 0.1) is 17.7 Å². The summed E-state index contributed by atoms with van der Waals surface area (Å²) in [6, 6.07) is -0.176. The van der Waals surface area contributed by atoms with Gasteiger partial charge in [0.2, 0.25) is 0 Å². The molecule has 1 atom stereocenters. The van der Waals surface area contributed by atoms with Crippen LogP contribution in [0.1, 0.15) is 28.8 Å². The van der Waals surface area contributed by atoms with Gasteiger partial charge in [0, 0.05) is 5.38 Å². The quantitative estimate of drug-likeness (QED) is 0.784. The zero-order valence-electron chi connectivity index (χ0n) is 8.28. The predicted octanol–water partition coefficient (Wildman–Crippen LogP) is 0.952. The molecule has 1 aromatic heterocycles. The number of aliphatic hydroxyl groups excluding tert-OH is 1. The number of aryl methyl sites for hydroxylation is 1. The number of rotatable bonds is 4. The van der Waals surface area contributed by atoms with Crippen LogP contribution in [0.5, 0.6) is 0 Å². The zero-order chi connectivity index (χ0) is 10.6. The molecule has 1 heterocycles. The molecule has 0 aliphatic carbocycles. The van der Waals surface area contributed by atoms with E-state index in [1.165, 1.54) is 11.3 Å². The van der Waals surface area contributed by atoms with Crippen molar-refractivity contribution in [3.05, 3.63) is 16.1 Å². The van der Waals surface area contributed by atoms with Crippen LogP contribution >= 0.6 is 11.3 Å². The van der Waals surface area contributed by atoms with E-state index in [-0.39, 0.29) is 18.6 Å². The molecule has 1 amide bonds. The number of carbonyl (C=O) groups excluding carboxylic acids is 1. The minimum atomic E-state index is -0.213. The summed E-state index contributed by atoms with van der Waals surface area (Å²) in [6.45, 7) is 3.73. The van der Waals surface area contributed by atoms with E-state index in [4.69, 9.17) is 5.11 Å². The van der Waals surface area contributed by atoms with Crippen molar-refractivity contribution in [2.24, 2.45) is 0 Å². The molecule has 0 saturated heterocycles. The molecule has 4 nitrogen and oxygen atoms in total. The molecular formula is C9H14N2O2S. The van der Waals surface area contributed by atoms with Crippen molar-refractivity contribution >= 4 is 17.2 Å². The maximum atomic E-state index is 11.5. The Kier molecular flexibility index (Phi) is 4.03. The molecule has 1 rings (SSSR count). The first kappa shape index (κ1) is 11.1. The van der Waals surface area contributed by atoms with E-state index in [9.17, 15) is 4.79 Å². The van der Waals surface area contributed by atoms with Gasteiger partial charge in [0.1, 0.15) is 5.69 Å². The monoisotopic (exact) mass is 214 g/mol. The van der Waals surface area contributed by atoms with Crippen LogP contribution in [0.4, 0.5) is 0 Å². The highest BCUT2D eigenvalue weighted by Crippen LogP contribution is 2.07. The first-order chi connectivity index (χ1) is 6.67. The van der Waals surface area contributed by atoms with Gasteiger partial charge in [-0.2, -0.15) is 0 Å². The van der Waals surface area contributed by atoms with E-state index in [0.29, 0.717) is 12.1 Å². The van der Waals surface area contributed by atoms with Crippen molar-refractivity contribution in [3.63, 3.8) is 0 Å². The number of aromatic nitrogens is 1. The van der Waals surface area contributed by atoms with Crippen molar-refractivity contribution in [2.45, 2.75) is 26.3 Å². The van der Waals surface area contributed by atoms with Crippen molar-refractivity contribution in [3.8, 4) is 0 Å². The Morgan fingerprint density at radius 1 is 1.79 bits per heavy atom. The molecule has 0 fully saturated rings. The van der Waals surface area contributed by atoms with Crippen LogP contribution in [0, 0.1) is 6.92 Å². The van der Waals surface area contributed by atoms with Crippen LogP contribution in [0.2, 0.25) is 0 Å². The van der Waals surface area contributed by atoms with Gasteiger partial charge in [-0.25, -0.2) is 4.98 Å². The largest absolute Gasteiger partial charge is 0.394 e. The fraction of sp³-hybridized carbons (Fsp3) is 0.556. The van der Waals surface area contributed by atoms with E-state index in [1.54, 1.807) is 5.38 Å². The molecule has 0 aromatic carbocycles. The van der Waals surface area contributed by atoms with Crippen LogP contribution in [0.15, 0.2) is 5.38 Å². The summed E-state index contributed by atoms with van der Waals surface area (Å²) in [5, 5.41) is 14.2. The number of aliphatic hydroxyl groups is 1. The Labute approximate surface area is 87.0 Å². The third kappa shape index (κ3) is 2.78. The Balaban J connectivity index is 2.58. The molecular weight excluding hydrogens is 200 g/mol. The van der Waals surface area contributed by atoms with Gasteiger partial charge in [-0.3, -0.25) is 4.79 Å². The lowest BCUT2D eigenvalue weighted by atomic mass is 10.2. The average molecular weight is 214 g/mol. The molecule has 0 radical (unpaired) electrons. The summed E-state index contributed by atoms with van der Waals surface area (Å²) in [5.41, 5.74) is 0.430. The zero-order valence-corrected chi connectivity index (χ0v) is 9.10. The lowest BCUT2D eigenvalue weighted by Gasteiger charge is -2.12. The minimum Gasteiger partial charge on any atom is -0.394 e. The maximum absolute atomic E-state index is 11.5. The van der Waals surface area contributed by atoms with Crippen LogP contribution in [0.25, 0.3) is 0 Å². The smallest absolute Gasteiger partial charge is 0.271 e. The summed E-state index contributed by atoms with van der Waals surface area (Å²) in [7, 11) is 0. The molecule has 5 heteroatoms. The summed E-state index contributed by atoms with van der Waals surface area (Å²) in [5.74, 6) is -0.213. The summed E-state index contributed by atoms with van der Waals surface area (Å²) >= 11 is 1.44. The number of amides is 1. The fourth-order valence-corrected chi connectivity index (χ4v) is 1.60. The standard InChI is InChI=1S/C9H14N2O2S/c1-3-7(4-12)11-9(13)8-5-14-6(2)10-8/h5,7,12H,3-4H2,1-2H3,(H,11,13)/t7-/m1/s1. The minimum absolute atomic E-state index is 0.0363. The predicted molar refractivity (Wildman–Crippen MR) is 55.5 cm³/mol. The Morgan fingerprint density at radius 3 is 2.93 bits per heavy atom. The number of nitrogens with one attached hydrogen (secondary N) is 1. The molecule has 0 bridgehead atoms. The van der Waals surface area contributed by atoms with E-state index < -0.39 is 0 Å². The van der Waals surface area contributed by atoms with Crippen molar-refractivity contribution in [1.29, 1.82) is 0 Å². The normalized spacial score (nSPS) is 12.5. The highest BCUT2D eigenvalue weighted by Gasteiger charge is 2.13. The summed E-state index contributed by atoms with van der Waals surface area (Å²) in [4.78, 5) is 15.6. The van der Waals surface area contributed by atoms with E-state index in [2.05, 4.69) is 10.3 Å². The Morgan fingerprint density at radius 2 is 2.50 bits per heavy atom. The molecule has 0 saturated carbocycles. The van der Waals surface area contributed by atoms with Gasteiger partial charge < -0.3 is 10.4 Å². The van der Waals surface area contributed by atoms with Crippen LogP contribution in [-0.2, 0) is 0 Å². The molecule has 0 spiro atoms. The van der Waals surface area contributed by atoms with Gasteiger partial charge in [-0.05, 0) is 13.3 Å². The highest BCUT2D eigenvalue weighted by molar-refractivity contribution is 7.09. The fourth-order valence-electron chi connectivity index (χ4n) is 1.00. The third-order valence-corrected chi connectivity index (χ3v) is 2.67. The summed E-state index contributed by atoms with van der Waals surface area (Å²) < 4.78 is 0. The second-order valence-corrected chi connectivity index (χ2v) is 4.08. The summed E-state index contributed by atoms with van der Waals surface area (Å²) in [6.07, 6.45) is 0.714. The number of carbonyl (C=O) groups is 1. The van der Waals surface area contributed by atoms with Gasteiger partial charge in [0.15, 0.2) is 0 Å². The van der Waals surface area contributed by atoms with E-state index in [0.717, 1.165) is 5.01 Å². The first-order valence-electron chi connectivity index (χ1n) is 4.51. The first-order valence-corrected chi connectivity index (χ1v) is 5.39. The number of hydrogen-bond acceptors (Lipinski definition) is 4. The molecule has 0 aliphatic rings. The molecule has 78 valence electrons. The molecule has 0 aliphatic heterocycles. The lowest BCUT2D eigenvalue weighted by molar-refractivity contribution is 0.0910. The number of thiazole rings is 1. The van der Waals surface area contributed by atoms with Gasteiger partial charge in [-0.1, -0.05) is 6.92 Å². The average Bonchev–Trinajstić information content (AvgIpc) is 2.61. The van der Waals surface area contributed by atoms with Gasteiger partial charge in [-0.15, -0.1) is 11.3 Å². The van der Waals surface area contributed by atoms with Crippen LogP contribution in [-0.4, -0.2) is 28.6 Å². The Hall–Kier alpha value is -0.940. The maximum Gasteiger partial charge on any atom is 0.271 e. The molecule has 14 heavy (non-hydrogen) atoms. The van der Waals surface area contributed by atoms with Crippen molar-refractivity contribution < 1.29 is 9.90 Å². The van der Waals surface area contributed by atoms with Gasteiger partial charge >= 0.3 is 0 Å². The Bertz CT molecular complexity index is 308. The molecule has 2 N–H and O–H groups in total.